The molecule has 1 N–H and O–H groups in total. The van der Waals surface area contributed by atoms with Crippen LogP contribution in [0.2, 0.25) is 0 Å². The van der Waals surface area contributed by atoms with E-state index >= 15 is 0 Å². The Morgan fingerprint density at radius 2 is 2.06 bits per heavy atom. The predicted octanol–water partition coefficient (Wildman–Crippen LogP) is 1.65. The summed E-state index contributed by atoms with van der Waals surface area (Å²) in [4.78, 5) is 12.2. The molecule has 1 aromatic heterocycles. The third kappa shape index (κ3) is 3.27. The van der Waals surface area contributed by atoms with Gasteiger partial charge in [-0.25, -0.2) is 0 Å². The Labute approximate surface area is 109 Å². The molecular formula is C12H13N3O2S. The first-order valence-electron chi connectivity index (χ1n) is 5.44. The number of likely N-dealkylation sites (N-methyl/N-ethyl adjacent to an activating group) is 1. The molecule has 18 heavy (non-hydrogen) atoms. The highest BCUT2D eigenvalue weighted by molar-refractivity contribution is 7.15. The van der Waals surface area contributed by atoms with E-state index in [0.717, 1.165) is 11.4 Å². The van der Waals surface area contributed by atoms with Crippen LogP contribution in [0, 0.1) is 0 Å². The van der Waals surface area contributed by atoms with Crippen LogP contribution in [0.4, 0.5) is 5.13 Å². The van der Waals surface area contributed by atoms with Crippen molar-refractivity contribution in [3.8, 4) is 0 Å². The van der Waals surface area contributed by atoms with Crippen molar-refractivity contribution in [3.05, 3.63) is 40.9 Å². The maximum atomic E-state index is 10.6. The average molecular weight is 263 g/mol. The Balaban J connectivity index is 2.04. The zero-order valence-corrected chi connectivity index (χ0v) is 10.7. The maximum Gasteiger partial charge on any atom is 0.323 e. The number of rotatable bonds is 5. The van der Waals surface area contributed by atoms with E-state index in [0.29, 0.717) is 5.13 Å². The fourth-order valence-electron chi connectivity index (χ4n) is 1.51. The number of nitrogens with zero attached hydrogens (tertiary/aromatic N) is 3. The molecule has 1 aromatic carbocycles. The van der Waals surface area contributed by atoms with Gasteiger partial charge < -0.3 is 10.0 Å². The van der Waals surface area contributed by atoms with Gasteiger partial charge in [0.15, 0.2) is 0 Å². The van der Waals surface area contributed by atoms with Crippen LogP contribution in [0.15, 0.2) is 30.3 Å². The molecule has 5 nitrogen and oxygen atoms in total. The van der Waals surface area contributed by atoms with Gasteiger partial charge in [0.25, 0.3) is 0 Å². The molecule has 1 heterocycles. The summed E-state index contributed by atoms with van der Waals surface area (Å²) in [6.07, 6.45) is 0.722. The largest absolute Gasteiger partial charge is 0.480 e. The van der Waals surface area contributed by atoms with Crippen LogP contribution < -0.4 is 4.90 Å². The lowest BCUT2D eigenvalue weighted by Gasteiger charge is -2.10. The van der Waals surface area contributed by atoms with Gasteiger partial charge in [0, 0.05) is 13.5 Å². The van der Waals surface area contributed by atoms with Crippen LogP contribution in [0.3, 0.4) is 0 Å². The molecule has 0 spiro atoms. The first kappa shape index (κ1) is 12.5. The molecular weight excluding hydrogens is 250 g/mol. The number of carboxylic acids is 1. The number of carbonyl (C=O) groups is 1. The van der Waals surface area contributed by atoms with Crippen molar-refractivity contribution in [2.24, 2.45) is 0 Å². The van der Waals surface area contributed by atoms with Crippen molar-refractivity contribution in [1.29, 1.82) is 0 Å². The summed E-state index contributed by atoms with van der Waals surface area (Å²) >= 11 is 1.42. The van der Waals surface area contributed by atoms with Crippen LogP contribution in [-0.2, 0) is 11.2 Å². The van der Waals surface area contributed by atoms with Crippen LogP contribution in [0.1, 0.15) is 10.6 Å². The molecule has 2 aromatic rings. The minimum absolute atomic E-state index is 0.0695. The number of hydrogen-bond acceptors (Lipinski definition) is 5. The number of anilines is 1. The Hall–Kier alpha value is -1.95. The zero-order chi connectivity index (χ0) is 13.0. The second-order valence-corrected chi connectivity index (χ2v) is 4.93. The second kappa shape index (κ2) is 5.59. The number of hydrogen-bond donors (Lipinski definition) is 1. The van der Waals surface area contributed by atoms with Gasteiger partial charge in [0.2, 0.25) is 5.13 Å². The number of aliphatic carboxylic acids is 1. The summed E-state index contributed by atoms with van der Waals surface area (Å²) in [5.41, 5.74) is 1.17. The fourth-order valence-corrected chi connectivity index (χ4v) is 2.34. The maximum absolute atomic E-state index is 10.6. The molecule has 94 valence electrons. The predicted molar refractivity (Wildman–Crippen MR) is 70.1 cm³/mol. The Morgan fingerprint density at radius 3 is 2.72 bits per heavy atom. The molecule has 0 radical (unpaired) electrons. The molecule has 0 aliphatic rings. The zero-order valence-electron chi connectivity index (χ0n) is 9.91. The first-order valence-corrected chi connectivity index (χ1v) is 6.26. The summed E-state index contributed by atoms with van der Waals surface area (Å²) in [7, 11) is 1.70. The standard InChI is InChI=1S/C12H13N3O2S/c1-15(8-11(16)17)12-14-13-10(18-12)7-9-5-3-2-4-6-9/h2-6H,7-8H2,1H3,(H,16,17). The van der Waals surface area contributed by atoms with Crippen molar-refractivity contribution in [2.45, 2.75) is 6.42 Å². The van der Waals surface area contributed by atoms with Gasteiger partial charge in [-0.3, -0.25) is 4.79 Å². The van der Waals surface area contributed by atoms with Gasteiger partial charge in [-0.05, 0) is 5.56 Å². The highest BCUT2D eigenvalue weighted by Gasteiger charge is 2.11. The average Bonchev–Trinajstić information content (AvgIpc) is 2.78. The Kier molecular flexibility index (Phi) is 3.88. The highest BCUT2D eigenvalue weighted by atomic mass is 32.1. The number of carboxylic acid groups (broad SMARTS) is 1. The third-order valence-corrected chi connectivity index (χ3v) is 3.39. The SMILES string of the molecule is CN(CC(=O)O)c1nnc(Cc2ccccc2)s1. The lowest BCUT2D eigenvalue weighted by atomic mass is 10.2. The fraction of sp³-hybridized carbons (Fsp3) is 0.250. The number of benzene rings is 1. The molecule has 0 amide bonds. The van der Waals surface area contributed by atoms with E-state index in [1.165, 1.54) is 16.9 Å². The van der Waals surface area contributed by atoms with E-state index in [-0.39, 0.29) is 6.54 Å². The van der Waals surface area contributed by atoms with Crippen molar-refractivity contribution in [1.82, 2.24) is 10.2 Å². The van der Waals surface area contributed by atoms with Crippen molar-refractivity contribution in [3.63, 3.8) is 0 Å². The molecule has 0 bridgehead atoms. The normalized spacial score (nSPS) is 10.3. The van der Waals surface area contributed by atoms with Crippen LogP contribution in [0.25, 0.3) is 0 Å². The lowest BCUT2D eigenvalue weighted by molar-refractivity contribution is -0.135. The highest BCUT2D eigenvalue weighted by Crippen LogP contribution is 2.21. The van der Waals surface area contributed by atoms with E-state index in [4.69, 9.17) is 5.11 Å². The topological polar surface area (TPSA) is 66.3 Å². The van der Waals surface area contributed by atoms with Gasteiger partial charge in [-0.15, -0.1) is 10.2 Å². The quantitative estimate of drug-likeness (QED) is 0.888. The van der Waals surface area contributed by atoms with E-state index in [2.05, 4.69) is 10.2 Å². The van der Waals surface area contributed by atoms with Crippen LogP contribution in [-0.4, -0.2) is 34.9 Å². The van der Waals surface area contributed by atoms with E-state index in [9.17, 15) is 4.79 Å². The first-order chi connectivity index (χ1) is 8.65. The molecule has 2 rings (SSSR count). The Morgan fingerprint density at radius 1 is 1.33 bits per heavy atom. The lowest BCUT2D eigenvalue weighted by Crippen LogP contribution is -2.24. The van der Waals surface area contributed by atoms with Crippen molar-refractivity contribution in [2.75, 3.05) is 18.5 Å². The molecule has 6 heteroatoms. The smallest absolute Gasteiger partial charge is 0.323 e. The molecule has 0 fully saturated rings. The van der Waals surface area contributed by atoms with Crippen molar-refractivity contribution >= 4 is 22.4 Å². The molecule has 0 saturated heterocycles. The minimum atomic E-state index is -0.877. The van der Waals surface area contributed by atoms with Gasteiger partial charge in [0.05, 0.1) is 0 Å². The summed E-state index contributed by atoms with van der Waals surface area (Å²) in [6.45, 7) is -0.0695. The van der Waals surface area contributed by atoms with E-state index in [1.807, 2.05) is 30.3 Å². The van der Waals surface area contributed by atoms with Gasteiger partial charge in [-0.2, -0.15) is 0 Å². The van der Waals surface area contributed by atoms with E-state index < -0.39 is 5.97 Å². The summed E-state index contributed by atoms with van der Waals surface area (Å²) in [5, 5.41) is 18.3. The summed E-state index contributed by atoms with van der Waals surface area (Å²) < 4.78 is 0. The second-order valence-electron chi connectivity index (χ2n) is 3.89. The minimum Gasteiger partial charge on any atom is -0.480 e. The number of aromatic nitrogens is 2. The monoisotopic (exact) mass is 263 g/mol. The summed E-state index contributed by atoms with van der Waals surface area (Å²) in [5.74, 6) is -0.877. The van der Waals surface area contributed by atoms with Crippen LogP contribution in [0.5, 0.6) is 0 Å². The molecule has 0 unspecified atom stereocenters. The third-order valence-electron chi connectivity index (χ3n) is 2.35. The molecule has 0 atom stereocenters. The summed E-state index contributed by atoms with van der Waals surface area (Å²) in [6, 6.07) is 9.99. The molecule has 0 saturated carbocycles. The van der Waals surface area contributed by atoms with Gasteiger partial charge in [0.1, 0.15) is 11.6 Å². The van der Waals surface area contributed by atoms with Crippen molar-refractivity contribution < 1.29 is 9.90 Å². The van der Waals surface area contributed by atoms with Crippen LogP contribution >= 0.6 is 11.3 Å². The Bertz CT molecular complexity index is 527. The van der Waals surface area contributed by atoms with Gasteiger partial charge >= 0.3 is 5.97 Å². The van der Waals surface area contributed by atoms with Gasteiger partial charge in [-0.1, -0.05) is 41.7 Å². The van der Waals surface area contributed by atoms with E-state index in [1.54, 1.807) is 11.9 Å². The molecule has 0 aliphatic heterocycles. The molecule has 0 aliphatic carbocycles.